The van der Waals surface area contributed by atoms with E-state index in [1.165, 1.54) is 12.8 Å². The van der Waals surface area contributed by atoms with Gasteiger partial charge in [-0.25, -0.2) is 4.98 Å². The molecule has 7 nitrogen and oxygen atoms in total. The standard InChI is InChI=1S/C21H19ClN6O/c22-15-11-13(28-9-3-4-10-28)7-8-14(15)21(29)26-18-12-23-27-19(18)20-24-16-5-1-2-6-17(16)25-20/h1-2,5-8,11-12H,3-4,9-10H2,(H,23,27)(H,24,25)(H,26,29). The van der Waals surface area contributed by atoms with Crippen LogP contribution in [0.25, 0.3) is 22.6 Å². The maximum atomic E-state index is 12.8. The van der Waals surface area contributed by atoms with E-state index in [0.29, 0.717) is 27.8 Å². The van der Waals surface area contributed by atoms with Crippen molar-refractivity contribution in [2.24, 2.45) is 0 Å². The zero-order valence-electron chi connectivity index (χ0n) is 15.6. The summed E-state index contributed by atoms with van der Waals surface area (Å²) >= 11 is 6.42. The minimum Gasteiger partial charge on any atom is -0.371 e. The number of anilines is 2. The van der Waals surface area contributed by atoms with Gasteiger partial charge in [-0.15, -0.1) is 0 Å². The molecule has 4 aromatic rings. The van der Waals surface area contributed by atoms with E-state index in [-0.39, 0.29) is 5.91 Å². The number of nitrogens with zero attached hydrogens (tertiary/aromatic N) is 3. The Labute approximate surface area is 172 Å². The Morgan fingerprint density at radius 1 is 1.14 bits per heavy atom. The number of aromatic amines is 2. The summed E-state index contributed by atoms with van der Waals surface area (Å²) in [6, 6.07) is 13.3. The molecule has 3 heterocycles. The van der Waals surface area contributed by atoms with Crippen LogP contribution in [0.4, 0.5) is 11.4 Å². The summed E-state index contributed by atoms with van der Waals surface area (Å²) in [5.74, 6) is 0.292. The van der Waals surface area contributed by atoms with E-state index in [4.69, 9.17) is 11.6 Å². The SMILES string of the molecule is O=C(Nc1c[nH]nc1-c1nc2ccccc2[nH]1)c1ccc(N2CCCC2)cc1Cl. The average Bonchev–Trinajstić information content (AvgIpc) is 3.47. The van der Waals surface area contributed by atoms with Crippen LogP contribution in [-0.2, 0) is 0 Å². The van der Waals surface area contributed by atoms with E-state index in [1.807, 2.05) is 36.4 Å². The van der Waals surface area contributed by atoms with Gasteiger partial charge in [-0.3, -0.25) is 9.89 Å². The monoisotopic (exact) mass is 406 g/mol. The molecule has 29 heavy (non-hydrogen) atoms. The van der Waals surface area contributed by atoms with Gasteiger partial charge >= 0.3 is 0 Å². The quantitative estimate of drug-likeness (QED) is 0.466. The number of hydrogen-bond acceptors (Lipinski definition) is 4. The molecule has 0 radical (unpaired) electrons. The van der Waals surface area contributed by atoms with Gasteiger partial charge in [0.15, 0.2) is 11.5 Å². The fourth-order valence-electron chi connectivity index (χ4n) is 3.68. The lowest BCUT2D eigenvalue weighted by Gasteiger charge is -2.18. The highest BCUT2D eigenvalue weighted by molar-refractivity contribution is 6.34. The first kappa shape index (κ1) is 17.8. The van der Waals surface area contributed by atoms with Crippen LogP contribution in [0.1, 0.15) is 23.2 Å². The second-order valence-corrected chi connectivity index (χ2v) is 7.47. The van der Waals surface area contributed by atoms with Crippen LogP contribution in [-0.4, -0.2) is 39.2 Å². The second-order valence-electron chi connectivity index (χ2n) is 7.06. The number of halogens is 1. The van der Waals surface area contributed by atoms with Crippen molar-refractivity contribution in [2.45, 2.75) is 12.8 Å². The molecule has 0 saturated carbocycles. The van der Waals surface area contributed by atoms with Crippen LogP contribution >= 0.6 is 11.6 Å². The Kier molecular flexibility index (Phi) is 4.44. The minimum absolute atomic E-state index is 0.290. The van der Waals surface area contributed by atoms with E-state index in [2.05, 4.69) is 30.4 Å². The van der Waals surface area contributed by atoms with Gasteiger partial charge in [0.25, 0.3) is 5.91 Å². The number of rotatable bonds is 4. The predicted octanol–water partition coefficient (Wildman–Crippen LogP) is 4.46. The van der Waals surface area contributed by atoms with Gasteiger partial charge in [0.05, 0.1) is 27.3 Å². The number of amides is 1. The summed E-state index contributed by atoms with van der Waals surface area (Å²) in [5, 5.41) is 10.4. The lowest BCUT2D eigenvalue weighted by atomic mass is 10.1. The van der Waals surface area contributed by atoms with Crippen molar-refractivity contribution in [2.75, 3.05) is 23.3 Å². The number of benzene rings is 2. The zero-order valence-corrected chi connectivity index (χ0v) is 16.3. The van der Waals surface area contributed by atoms with Crippen molar-refractivity contribution < 1.29 is 4.79 Å². The molecule has 0 bridgehead atoms. The third kappa shape index (κ3) is 3.34. The third-order valence-electron chi connectivity index (χ3n) is 5.17. The maximum Gasteiger partial charge on any atom is 0.257 e. The number of nitrogens with one attached hydrogen (secondary N) is 3. The number of imidazole rings is 1. The Morgan fingerprint density at radius 3 is 2.76 bits per heavy atom. The second kappa shape index (κ2) is 7.25. The molecular weight excluding hydrogens is 388 g/mol. The number of aromatic nitrogens is 4. The molecular formula is C21H19ClN6O. The van der Waals surface area contributed by atoms with Crippen LogP contribution in [0, 0.1) is 0 Å². The minimum atomic E-state index is -0.290. The Balaban J connectivity index is 1.40. The smallest absolute Gasteiger partial charge is 0.257 e. The van der Waals surface area contributed by atoms with Crippen LogP contribution in [0.2, 0.25) is 5.02 Å². The first-order valence-electron chi connectivity index (χ1n) is 9.54. The van der Waals surface area contributed by atoms with Crippen LogP contribution in [0.5, 0.6) is 0 Å². The van der Waals surface area contributed by atoms with Gasteiger partial charge in [-0.1, -0.05) is 23.7 Å². The van der Waals surface area contributed by atoms with Crippen molar-refractivity contribution in [3.8, 4) is 11.5 Å². The number of para-hydroxylation sites is 2. The lowest BCUT2D eigenvalue weighted by molar-refractivity contribution is 0.102. The molecule has 2 aromatic carbocycles. The number of carbonyl (C=O) groups is 1. The molecule has 3 N–H and O–H groups in total. The molecule has 5 rings (SSSR count). The molecule has 2 aromatic heterocycles. The molecule has 1 amide bonds. The number of H-pyrrole nitrogens is 2. The Bertz CT molecular complexity index is 1160. The fourth-order valence-corrected chi connectivity index (χ4v) is 3.94. The summed E-state index contributed by atoms with van der Waals surface area (Å²) in [6.07, 6.45) is 4.00. The Morgan fingerprint density at radius 2 is 1.97 bits per heavy atom. The molecule has 0 unspecified atom stereocenters. The van der Waals surface area contributed by atoms with Gasteiger partial charge in [0.1, 0.15) is 0 Å². The summed E-state index contributed by atoms with van der Waals surface area (Å²) < 4.78 is 0. The molecule has 1 saturated heterocycles. The van der Waals surface area contributed by atoms with Gasteiger partial charge in [0.2, 0.25) is 0 Å². The van der Waals surface area contributed by atoms with Gasteiger partial charge in [-0.2, -0.15) is 5.10 Å². The number of fused-ring (bicyclic) bond motifs is 1. The topological polar surface area (TPSA) is 89.7 Å². The van der Waals surface area contributed by atoms with Crippen molar-refractivity contribution >= 4 is 39.9 Å². The Hall–Kier alpha value is -3.32. The molecule has 0 atom stereocenters. The van der Waals surface area contributed by atoms with Crippen molar-refractivity contribution in [1.82, 2.24) is 20.2 Å². The molecule has 1 aliphatic heterocycles. The van der Waals surface area contributed by atoms with E-state index in [9.17, 15) is 4.79 Å². The lowest BCUT2D eigenvalue weighted by Crippen LogP contribution is -2.18. The van der Waals surface area contributed by atoms with E-state index < -0.39 is 0 Å². The van der Waals surface area contributed by atoms with Crippen molar-refractivity contribution in [3.05, 3.63) is 59.2 Å². The summed E-state index contributed by atoms with van der Waals surface area (Å²) in [6.45, 7) is 2.05. The summed E-state index contributed by atoms with van der Waals surface area (Å²) in [7, 11) is 0. The first-order valence-corrected chi connectivity index (χ1v) is 9.91. The molecule has 1 aliphatic rings. The van der Waals surface area contributed by atoms with Crippen LogP contribution < -0.4 is 10.2 Å². The molecule has 0 aliphatic carbocycles. The van der Waals surface area contributed by atoms with Gasteiger partial charge < -0.3 is 15.2 Å². The summed E-state index contributed by atoms with van der Waals surface area (Å²) in [4.78, 5) is 22.9. The van der Waals surface area contributed by atoms with Crippen molar-refractivity contribution in [1.29, 1.82) is 0 Å². The van der Waals surface area contributed by atoms with Crippen molar-refractivity contribution in [3.63, 3.8) is 0 Å². The fraction of sp³-hybridized carbons (Fsp3) is 0.190. The van der Waals surface area contributed by atoms with Crippen LogP contribution in [0.15, 0.2) is 48.7 Å². The zero-order chi connectivity index (χ0) is 19.8. The highest BCUT2D eigenvalue weighted by Crippen LogP contribution is 2.29. The number of carbonyl (C=O) groups excluding carboxylic acids is 1. The van der Waals surface area contributed by atoms with E-state index in [1.54, 1.807) is 12.3 Å². The molecule has 0 spiro atoms. The maximum absolute atomic E-state index is 12.8. The predicted molar refractivity (Wildman–Crippen MR) is 115 cm³/mol. The summed E-state index contributed by atoms with van der Waals surface area (Å²) in [5.41, 5.74) is 4.29. The molecule has 8 heteroatoms. The number of hydrogen-bond donors (Lipinski definition) is 3. The highest BCUT2D eigenvalue weighted by Gasteiger charge is 2.19. The molecule has 1 fully saturated rings. The third-order valence-corrected chi connectivity index (χ3v) is 5.48. The van der Waals surface area contributed by atoms with Gasteiger partial charge in [-0.05, 0) is 43.2 Å². The van der Waals surface area contributed by atoms with Gasteiger partial charge in [0, 0.05) is 25.0 Å². The van der Waals surface area contributed by atoms with E-state index in [0.717, 1.165) is 29.8 Å². The average molecular weight is 407 g/mol. The van der Waals surface area contributed by atoms with Crippen LogP contribution in [0.3, 0.4) is 0 Å². The first-order chi connectivity index (χ1) is 14.2. The molecule has 146 valence electrons. The highest BCUT2D eigenvalue weighted by atomic mass is 35.5. The largest absolute Gasteiger partial charge is 0.371 e. The normalized spacial score (nSPS) is 13.9. The van der Waals surface area contributed by atoms with E-state index >= 15 is 0 Å².